The van der Waals surface area contributed by atoms with Gasteiger partial charge in [0.05, 0.1) is 10.9 Å². The lowest BCUT2D eigenvalue weighted by atomic mass is 10.1. The molecule has 2 aliphatic rings. The lowest BCUT2D eigenvalue weighted by Crippen LogP contribution is -2.50. The summed E-state index contributed by atoms with van der Waals surface area (Å²) in [5, 5.41) is 0. The molecule has 0 unspecified atom stereocenters. The molecule has 0 spiro atoms. The number of aryl methyl sites for hydroxylation is 2. The van der Waals surface area contributed by atoms with Crippen LogP contribution in [0, 0.1) is 0 Å². The minimum atomic E-state index is -3.38. The van der Waals surface area contributed by atoms with E-state index in [1.165, 1.54) is 11.1 Å². The zero-order chi connectivity index (χ0) is 16.9. The van der Waals surface area contributed by atoms with E-state index in [4.69, 9.17) is 0 Å². The van der Waals surface area contributed by atoms with Crippen molar-refractivity contribution in [3.8, 4) is 0 Å². The molecule has 6 heteroatoms. The number of imidazole rings is 1. The van der Waals surface area contributed by atoms with Crippen LogP contribution in [-0.2, 0) is 22.9 Å². The van der Waals surface area contributed by atoms with Crippen molar-refractivity contribution in [3.63, 3.8) is 0 Å². The number of nitrogens with zero attached hydrogens (tertiary/aromatic N) is 3. The van der Waals surface area contributed by atoms with Crippen LogP contribution in [0.15, 0.2) is 35.5 Å². The van der Waals surface area contributed by atoms with Gasteiger partial charge in [0.25, 0.3) is 0 Å². The predicted molar refractivity (Wildman–Crippen MR) is 92.6 cm³/mol. The van der Waals surface area contributed by atoms with Gasteiger partial charge < -0.3 is 4.57 Å². The first-order valence-corrected chi connectivity index (χ1v) is 10.1. The Kier molecular flexibility index (Phi) is 3.77. The Morgan fingerprint density at radius 2 is 1.92 bits per heavy atom. The van der Waals surface area contributed by atoms with E-state index in [9.17, 15) is 8.42 Å². The van der Waals surface area contributed by atoms with Crippen molar-refractivity contribution in [2.45, 2.75) is 50.0 Å². The molecular formula is C18H23N3O2S. The largest absolute Gasteiger partial charge is 0.329 e. The van der Waals surface area contributed by atoms with Crippen molar-refractivity contribution in [2.75, 3.05) is 13.1 Å². The molecular weight excluding hydrogens is 322 g/mol. The highest BCUT2D eigenvalue weighted by Crippen LogP contribution is 2.32. The Hall–Kier alpha value is -1.66. The van der Waals surface area contributed by atoms with Crippen molar-refractivity contribution in [2.24, 2.45) is 0 Å². The Labute approximate surface area is 143 Å². The molecule has 4 rings (SSSR count). The second-order valence-corrected chi connectivity index (χ2v) is 9.05. The van der Waals surface area contributed by atoms with Crippen LogP contribution in [0.5, 0.6) is 0 Å². The van der Waals surface area contributed by atoms with Gasteiger partial charge in [-0.25, -0.2) is 13.4 Å². The van der Waals surface area contributed by atoms with Crippen LogP contribution in [0.1, 0.15) is 49.2 Å². The fraction of sp³-hybridized carbons (Fsp3) is 0.500. The van der Waals surface area contributed by atoms with Crippen LogP contribution < -0.4 is 0 Å². The maximum atomic E-state index is 12.8. The molecule has 1 saturated heterocycles. The van der Waals surface area contributed by atoms with Crippen LogP contribution >= 0.6 is 0 Å². The van der Waals surface area contributed by atoms with E-state index in [-0.39, 0.29) is 6.04 Å². The average molecular weight is 345 g/mol. The van der Waals surface area contributed by atoms with Gasteiger partial charge in [0, 0.05) is 31.4 Å². The highest BCUT2D eigenvalue weighted by atomic mass is 32.2. The summed E-state index contributed by atoms with van der Waals surface area (Å²) in [4.78, 5) is 4.84. The summed E-state index contributed by atoms with van der Waals surface area (Å²) in [6.07, 6.45) is 6.95. The molecule has 0 amide bonds. The highest BCUT2D eigenvalue weighted by molar-refractivity contribution is 7.89. The molecule has 0 saturated carbocycles. The molecule has 5 nitrogen and oxygen atoms in total. The molecule has 24 heavy (non-hydrogen) atoms. The minimum Gasteiger partial charge on any atom is -0.329 e. The quantitative estimate of drug-likeness (QED) is 0.856. The molecule has 0 radical (unpaired) electrons. The summed E-state index contributed by atoms with van der Waals surface area (Å²) in [5.74, 6) is 1.36. The summed E-state index contributed by atoms with van der Waals surface area (Å²) < 4.78 is 29.4. The second-order valence-electron chi connectivity index (χ2n) is 7.11. The van der Waals surface area contributed by atoms with E-state index in [2.05, 4.69) is 23.4 Å². The third kappa shape index (κ3) is 2.48. The van der Waals surface area contributed by atoms with Crippen molar-refractivity contribution in [3.05, 3.63) is 47.5 Å². The van der Waals surface area contributed by atoms with Gasteiger partial charge in [-0.1, -0.05) is 19.9 Å². The number of hydrogen-bond acceptors (Lipinski definition) is 3. The molecule has 1 aromatic heterocycles. The molecule has 1 aliphatic carbocycles. The third-order valence-electron chi connectivity index (χ3n) is 5.14. The lowest BCUT2D eigenvalue weighted by Gasteiger charge is -2.39. The number of fused-ring (bicyclic) bond motifs is 1. The maximum absolute atomic E-state index is 12.8. The molecule has 1 aromatic carbocycles. The summed E-state index contributed by atoms with van der Waals surface area (Å²) in [7, 11) is -3.38. The van der Waals surface area contributed by atoms with E-state index >= 15 is 0 Å². The van der Waals surface area contributed by atoms with E-state index < -0.39 is 10.0 Å². The van der Waals surface area contributed by atoms with Crippen LogP contribution in [0.25, 0.3) is 0 Å². The van der Waals surface area contributed by atoms with E-state index in [0.29, 0.717) is 23.9 Å². The van der Waals surface area contributed by atoms with Crippen LogP contribution in [0.3, 0.4) is 0 Å². The molecule has 128 valence electrons. The zero-order valence-electron chi connectivity index (χ0n) is 14.1. The summed E-state index contributed by atoms with van der Waals surface area (Å²) in [6.45, 7) is 5.26. The fourth-order valence-corrected chi connectivity index (χ4v) is 5.29. The van der Waals surface area contributed by atoms with E-state index in [1.807, 2.05) is 18.3 Å². The van der Waals surface area contributed by atoms with Gasteiger partial charge in [-0.05, 0) is 42.5 Å². The normalized spacial score (nSPS) is 18.8. The molecule has 1 aliphatic heterocycles. The topological polar surface area (TPSA) is 55.2 Å². The molecule has 0 atom stereocenters. The first-order valence-electron chi connectivity index (χ1n) is 8.61. The van der Waals surface area contributed by atoms with E-state index in [1.54, 1.807) is 16.6 Å². The van der Waals surface area contributed by atoms with Crippen LogP contribution in [-0.4, -0.2) is 35.4 Å². The molecule has 0 N–H and O–H groups in total. The third-order valence-corrected chi connectivity index (χ3v) is 6.97. The number of sulfonamides is 1. The number of aromatic nitrogens is 2. The van der Waals surface area contributed by atoms with Crippen molar-refractivity contribution in [1.29, 1.82) is 0 Å². The molecule has 2 heterocycles. The van der Waals surface area contributed by atoms with Gasteiger partial charge in [-0.3, -0.25) is 0 Å². The van der Waals surface area contributed by atoms with Crippen molar-refractivity contribution in [1.82, 2.24) is 13.9 Å². The summed E-state index contributed by atoms with van der Waals surface area (Å²) in [5.41, 5.74) is 2.50. The number of benzene rings is 1. The monoisotopic (exact) mass is 345 g/mol. The first-order chi connectivity index (χ1) is 11.5. The smallest absolute Gasteiger partial charge is 0.243 e. The molecule has 1 fully saturated rings. The Morgan fingerprint density at radius 3 is 2.67 bits per heavy atom. The number of rotatable bonds is 4. The number of hydrogen-bond donors (Lipinski definition) is 0. The van der Waals surface area contributed by atoms with E-state index in [0.717, 1.165) is 25.1 Å². The van der Waals surface area contributed by atoms with Gasteiger partial charge in [0.15, 0.2) is 0 Å². The first kappa shape index (κ1) is 15.8. The van der Waals surface area contributed by atoms with Crippen molar-refractivity contribution < 1.29 is 8.42 Å². The fourth-order valence-electron chi connectivity index (χ4n) is 3.73. The SMILES string of the molecule is CC(C)c1nccn1C1CN(S(=O)(=O)c2ccc3c(c2)CCC3)C1. The van der Waals surface area contributed by atoms with Crippen LogP contribution in [0.2, 0.25) is 0 Å². The highest BCUT2D eigenvalue weighted by Gasteiger charge is 2.38. The predicted octanol–water partition coefficient (Wildman–Crippen LogP) is 2.74. The second kappa shape index (κ2) is 5.70. The summed E-state index contributed by atoms with van der Waals surface area (Å²) in [6, 6.07) is 5.82. The van der Waals surface area contributed by atoms with Gasteiger partial charge in [-0.15, -0.1) is 0 Å². The Bertz CT molecular complexity index is 864. The van der Waals surface area contributed by atoms with Crippen LogP contribution in [0.4, 0.5) is 0 Å². The van der Waals surface area contributed by atoms with Gasteiger partial charge in [-0.2, -0.15) is 4.31 Å². The van der Waals surface area contributed by atoms with Gasteiger partial charge in [0.1, 0.15) is 5.82 Å². The van der Waals surface area contributed by atoms with Gasteiger partial charge >= 0.3 is 0 Å². The average Bonchev–Trinajstić information content (AvgIpc) is 3.13. The zero-order valence-corrected chi connectivity index (χ0v) is 15.0. The standard InChI is InChI=1S/C18H23N3O2S/c1-13(2)18-19-8-9-21(18)16-11-20(12-16)24(22,23)17-7-6-14-4-3-5-15(14)10-17/h6-10,13,16H,3-5,11-12H2,1-2H3. The Morgan fingerprint density at radius 1 is 1.17 bits per heavy atom. The lowest BCUT2D eigenvalue weighted by molar-refractivity contribution is 0.200. The van der Waals surface area contributed by atoms with Crippen molar-refractivity contribution >= 4 is 10.0 Å². The van der Waals surface area contributed by atoms with Gasteiger partial charge in [0.2, 0.25) is 10.0 Å². The Balaban J connectivity index is 1.52. The summed E-state index contributed by atoms with van der Waals surface area (Å²) >= 11 is 0. The minimum absolute atomic E-state index is 0.189. The maximum Gasteiger partial charge on any atom is 0.243 e. The molecule has 2 aromatic rings. The molecule has 0 bridgehead atoms.